The Hall–Kier alpha value is 0.0400. The van der Waals surface area contributed by atoms with E-state index in [4.69, 9.17) is 0 Å². The highest BCUT2D eigenvalue weighted by Crippen LogP contribution is 2.47. The smallest absolute Gasteiger partial charge is 0.276 e. The third kappa shape index (κ3) is 7.26. The van der Waals surface area contributed by atoms with Crippen LogP contribution in [-0.4, -0.2) is 79.2 Å². The molecular weight excluding hydrogens is 525 g/mol. The molecule has 0 saturated carbocycles. The van der Waals surface area contributed by atoms with E-state index >= 15 is 0 Å². The van der Waals surface area contributed by atoms with Crippen LogP contribution in [0.3, 0.4) is 0 Å². The van der Waals surface area contributed by atoms with Crippen molar-refractivity contribution < 1.29 is 35.5 Å². The molecular formula is C17H24O8S6. The van der Waals surface area contributed by atoms with E-state index in [-0.39, 0.29) is 14.7 Å². The summed E-state index contributed by atoms with van der Waals surface area (Å²) in [5, 5.41) is -4.23. The number of Topliss-reactive ketones (excluding diaryl/α,β-unsaturated/α-hetero) is 1. The molecule has 8 nitrogen and oxygen atoms in total. The van der Waals surface area contributed by atoms with Crippen LogP contribution in [0.25, 0.3) is 0 Å². The summed E-state index contributed by atoms with van der Waals surface area (Å²) in [6, 6.07) is 0. The van der Waals surface area contributed by atoms with Gasteiger partial charge in [0.15, 0.2) is 22.1 Å². The predicted octanol–water partition coefficient (Wildman–Crippen LogP) is 2.53. The van der Waals surface area contributed by atoms with Crippen molar-refractivity contribution in [2.24, 2.45) is 0 Å². The lowest BCUT2D eigenvalue weighted by atomic mass is 10.1. The first kappa shape index (κ1) is 27.3. The fourth-order valence-electron chi connectivity index (χ4n) is 3.22. The fraction of sp³-hybridized carbons (Fsp3) is 0.647. The van der Waals surface area contributed by atoms with Crippen LogP contribution in [0.1, 0.15) is 19.8 Å². The van der Waals surface area contributed by atoms with Gasteiger partial charge in [0.1, 0.15) is 0 Å². The monoisotopic (exact) mass is 548 g/mol. The maximum atomic E-state index is 12.2. The quantitative estimate of drug-likeness (QED) is 0.289. The van der Waals surface area contributed by atoms with Gasteiger partial charge in [-0.25, -0.2) is 0 Å². The third-order valence-corrected chi connectivity index (χ3v) is 14.3. The minimum atomic E-state index is -4.56. The first-order valence-corrected chi connectivity index (χ1v) is 16.1. The molecule has 0 radical (unpaired) electrons. The van der Waals surface area contributed by atoms with Crippen molar-refractivity contribution >= 4 is 78.9 Å². The standard InChI is InChI=1S/C17H24O8S6/c1-4-10(18)16(30(20,21)22)11-7-26-13(28-11)5-6-14-27-8-12(29-14)17(31(23,24)25)15(19)9(2)3/h4,11-14,16-17H,1-2,5-8H2,3H3,(H,20,21,22)(H,23,24,25). The minimum Gasteiger partial charge on any atom is -0.293 e. The number of carbonyl (C=O) groups excluding carboxylic acids is 2. The van der Waals surface area contributed by atoms with Gasteiger partial charge in [-0.2, -0.15) is 16.8 Å². The molecule has 0 aliphatic carbocycles. The van der Waals surface area contributed by atoms with Gasteiger partial charge in [-0.05, 0) is 31.4 Å². The van der Waals surface area contributed by atoms with Crippen LogP contribution in [0, 0.1) is 0 Å². The summed E-state index contributed by atoms with van der Waals surface area (Å²) in [7, 11) is -9.10. The number of allylic oxidation sites excluding steroid dienone is 2. The molecule has 0 amide bonds. The topological polar surface area (TPSA) is 143 Å². The van der Waals surface area contributed by atoms with Gasteiger partial charge < -0.3 is 0 Å². The first-order chi connectivity index (χ1) is 14.3. The Morgan fingerprint density at radius 1 is 0.968 bits per heavy atom. The fourth-order valence-corrected chi connectivity index (χ4v) is 13.2. The van der Waals surface area contributed by atoms with Gasteiger partial charge in [-0.15, -0.1) is 47.0 Å². The van der Waals surface area contributed by atoms with E-state index in [2.05, 4.69) is 13.2 Å². The third-order valence-electron chi connectivity index (χ3n) is 4.66. The highest BCUT2D eigenvalue weighted by molar-refractivity contribution is 8.21. The number of carbonyl (C=O) groups is 2. The molecule has 2 aliphatic rings. The van der Waals surface area contributed by atoms with Gasteiger partial charge in [0.2, 0.25) is 0 Å². The summed E-state index contributed by atoms with van der Waals surface area (Å²) < 4.78 is 65.8. The van der Waals surface area contributed by atoms with E-state index in [0.717, 1.165) is 6.08 Å². The largest absolute Gasteiger partial charge is 0.293 e. The molecule has 2 saturated heterocycles. The number of ketones is 2. The van der Waals surface area contributed by atoms with Crippen molar-refractivity contribution in [2.75, 3.05) is 11.5 Å². The molecule has 14 heteroatoms. The van der Waals surface area contributed by atoms with Crippen LogP contribution < -0.4 is 0 Å². The molecule has 0 aromatic rings. The van der Waals surface area contributed by atoms with Crippen LogP contribution in [0.4, 0.5) is 0 Å². The SMILES string of the molecule is C=CC(=O)C(C1CSC(CCC2SCC(C(C(=O)C(=C)C)S(=O)(=O)O)S2)S1)S(=O)(=O)O. The second-order valence-corrected chi connectivity index (χ2v) is 16.1. The highest BCUT2D eigenvalue weighted by atomic mass is 32.2. The van der Waals surface area contributed by atoms with E-state index in [9.17, 15) is 35.5 Å². The summed E-state index contributed by atoms with van der Waals surface area (Å²) in [5.74, 6) is -0.630. The van der Waals surface area contributed by atoms with Crippen molar-refractivity contribution in [3.8, 4) is 0 Å². The summed E-state index contributed by atoms with van der Waals surface area (Å²) in [4.78, 5) is 24.2. The number of thioether (sulfide) groups is 4. The molecule has 31 heavy (non-hydrogen) atoms. The molecule has 2 fully saturated rings. The van der Waals surface area contributed by atoms with Crippen molar-refractivity contribution in [3.63, 3.8) is 0 Å². The van der Waals surface area contributed by atoms with Gasteiger partial charge in [0.05, 0.1) is 9.16 Å². The molecule has 6 unspecified atom stereocenters. The van der Waals surface area contributed by atoms with Gasteiger partial charge in [0.25, 0.3) is 20.2 Å². The number of rotatable bonds is 11. The summed E-state index contributed by atoms with van der Waals surface area (Å²) in [6.07, 6.45) is 2.25. The zero-order valence-electron chi connectivity index (χ0n) is 16.6. The Labute approximate surface area is 199 Å². The van der Waals surface area contributed by atoms with Crippen LogP contribution in [0.2, 0.25) is 0 Å². The van der Waals surface area contributed by atoms with Gasteiger partial charge in [0, 0.05) is 22.0 Å². The zero-order chi connectivity index (χ0) is 23.6. The van der Waals surface area contributed by atoms with Crippen molar-refractivity contribution in [1.82, 2.24) is 0 Å². The van der Waals surface area contributed by atoms with E-state index < -0.39 is 52.8 Å². The summed E-state index contributed by atoms with van der Waals surface area (Å²) in [5.41, 5.74) is 0.0731. The van der Waals surface area contributed by atoms with Gasteiger partial charge in [-0.1, -0.05) is 13.2 Å². The molecule has 0 spiro atoms. The minimum absolute atomic E-state index is 0.0135. The van der Waals surface area contributed by atoms with E-state index in [0.29, 0.717) is 24.3 Å². The molecule has 176 valence electrons. The molecule has 0 bridgehead atoms. The van der Waals surface area contributed by atoms with Crippen LogP contribution in [0.15, 0.2) is 24.8 Å². The van der Waals surface area contributed by atoms with Crippen molar-refractivity contribution in [2.45, 2.75) is 49.9 Å². The molecule has 0 aromatic carbocycles. The predicted molar refractivity (Wildman–Crippen MR) is 130 cm³/mol. The number of hydrogen-bond donors (Lipinski definition) is 2. The van der Waals surface area contributed by atoms with Crippen LogP contribution in [-0.2, 0) is 29.8 Å². The lowest BCUT2D eigenvalue weighted by Crippen LogP contribution is -2.39. The molecule has 2 rings (SSSR count). The van der Waals surface area contributed by atoms with Crippen LogP contribution in [0.5, 0.6) is 0 Å². The average molecular weight is 549 g/mol. The van der Waals surface area contributed by atoms with Gasteiger partial charge >= 0.3 is 0 Å². The Bertz CT molecular complexity index is 944. The van der Waals surface area contributed by atoms with E-state index in [1.807, 2.05) is 0 Å². The van der Waals surface area contributed by atoms with Crippen molar-refractivity contribution in [3.05, 3.63) is 24.8 Å². The van der Waals surface area contributed by atoms with Gasteiger partial charge in [-0.3, -0.25) is 18.7 Å². The maximum Gasteiger partial charge on any atom is 0.276 e. The summed E-state index contributed by atoms with van der Waals surface area (Å²) in [6.45, 7) is 8.20. The Kier molecular flexibility index (Phi) is 9.66. The lowest BCUT2D eigenvalue weighted by molar-refractivity contribution is -0.115. The Balaban J connectivity index is 1.94. The Morgan fingerprint density at radius 2 is 1.39 bits per heavy atom. The molecule has 6 atom stereocenters. The second-order valence-electron chi connectivity index (χ2n) is 7.07. The van der Waals surface area contributed by atoms with Crippen LogP contribution >= 0.6 is 47.0 Å². The summed E-state index contributed by atoms with van der Waals surface area (Å²) >= 11 is 5.68. The van der Waals surface area contributed by atoms with E-state index in [1.165, 1.54) is 54.0 Å². The maximum absolute atomic E-state index is 12.2. The first-order valence-electron chi connectivity index (χ1n) is 9.08. The van der Waals surface area contributed by atoms with Crippen molar-refractivity contribution in [1.29, 1.82) is 0 Å². The molecule has 0 aromatic heterocycles. The molecule has 2 heterocycles. The average Bonchev–Trinajstić information content (AvgIpc) is 3.27. The Morgan fingerprint density at radius 3 is 1.74 bits per heavy atom. The zero-order valence-corrected chi connectivity index (χ0v) is 21.5. The normalized spacial score (nSPS) is 28.7. The second kappa shape index (κ2) is 11.0. The molecule has 2 aliphatic heterocycles. The lowest BCUT2D eigenvalue weighted by Gasteiger charge is -2.19. The molecule has 2 N–H and O–H groups in total. The van der Waals surface area contributed by atoms with E-state index in [1.54, 1.807) is 0 Å². The highest BCUT2D eigenvalue weighted by Gasteiger charge is 2.45. The number of hydrogen-bond acceptors (Lipinski definition) is 10.